The van der Waals surface area contributed by atoms with Gasteiger partial charge in [0.2, 0.25) is 0 Å². The van der Waals surface area contributed by atoms with E-state index in [0.717, 1.165) is 24.3 Å². The van der Waals surface area contributed by atoms with Crippen LogP contribution >= 0.6 is 24.0 Å². The van der Waals surface area contributed by atoms with E-state index < -0.39 is 0 Å². The van der Waals surface area contributed by atoms with Gasteiger partial charge in [-0.1, -0.05) is 43.3 Å². The van der Waals surface area contributed by atoms with Gasteiger partial charge in [-0.25, -0.2) is 4.99 Å². The molecule has 0 saturated heterocycles. The summed E-state index contributed by atoms with van der Waals surface area (Å²) in [5, 5.41) is 3.11. The number of ether oxygens (including phenoxy) is 1. The van der Waals surface area contributed by atoms with E-state index in [4.69, 9.17) is 10.5 Å². The number of nitrogens with one attached hydrogen (secondary N) is 1. The molecule has 2 rings (SSSR count). The molecule has 2 aromatic rings. The molecular weight excluding hydrogens is 413 g/mol. The Morgan fingerprint density at radius 1 is 0.958 bits per heavy atom. The number of aliphatic imine (C=N–C) groups is 1. The van der Waals surface area contributed by atoms with E-state index >= 15 is 0 Å². The fourth-order valence-electron chi connectivity index (χ4n) is 2.15. The zero-order valence-electron chi connectivity index (χ0n) is 14.3. The summed E-state index contributed by atoms with van der Waals surface area (Å²) in [5.41, 5.74) is 10.5. The highest BCUT2D eigenvalue weighted by Crippen LogP contribution is 2.10. The molecule has 0 aliphatic rings. The van der Waals surface area contributed by atoms with Gasteiger partial charge in [0.1, 0.15) is 0 Å². The van der Waals surface area contributed by atoms with Crippen molar-refractivity contribution in [1.29, 1.82) is 0 Å². The first kappa shape index (κ1) is 20.4. The molecule has 130 valence electrons. The third-order valence-electron chi connectivity index (χ3n) is 3.56. The second-order valence-corrected chi connectivity index (χ2v) is 5.33. The van der Waals surface area contributed by atoms with Crippen molar-refractivity contribution >= 4 is 35.6 Å². The lowest BCUT2D eigenvalue weighted by Crippen LogP contribution is -2.22. The molecule has 4 nitrogen and oxygen atoms in total. The Morgan fingerprint density at radius 2 is 1.54 bits per heavy atom. The number of hydrogen-bond acceptors (Lipinski definition) is 2. The van der Waals surface area contributed by atoms with Gasteiger partial charge >= 0.3 is 0 Å². The maximum atomic E-state index is 5.94. The second kappa shape index (κ2) is 11.0. The van der Waals surface area contributed by atoms with Gasteiger partial charge in [0.05, 0.1) is 13.2 Å². The summed E-state index contributed by atoms with van der Waals surface area (Å²) in [6.45, 7) is 6.07. The van der Waals surface area contributed by atoms with E-state index in [-0.39, 0.29) is 24.0 Å². The molecule has 0 atom stereocenters. The van der Waals surface area contributed by atoms with Crippen LogP contribution in [0.25, 0.3) is 0 Å². The molecule has 0 fully saturated rings. The quantitative estimate of drug-likeness (QED) is 0.384. The molecular formula is C19H26IN3O. The molecule has 0 aromatic heterocycles. The van der Waals surface area contributed by atoms with Gasteiger partial charge in [-0.2, -0.15) is 0 Å². The van der Waals surface area contributed by atoms with Crippen molar-refractivity contribution in [2.45, 2.75) is 33.4 Å². The molecule has 0 aliphatic carbocycles. The fraction of sp³-hybridized carbons (Fsp3) is 0.316. The maximum Gasteiger partial charge on any atom is 0.193 e. The van der Waals surface area contributed by atoms with Crippen LogP contribution < -0.4 is 11.1 Å². The van der Waals surface area contributed by atoms with Crippen molar-refractivity contribution in [2.24, 2.45) is 10.7 Å². The lowest BCUT2D eigenvalue weighted by molar-refractivity contribution is 0.134. The van der Waals surface area contributed by atoms with E-state index in [1.807, 2.05) is 19.1 Å². The molecule has 0 radical (unpaired) electrons. The van der Waals surface area contributed by atoms with Crippen LogP contribution in [0.3, 0.4) is 0 Å². The first-order chi connectivity index (χ1) is 11.2. The Morgan fingerprint density at radius 3 is 2.12 bits per heavy atom. The Kier molecular flexibility index (Phi) is 9.41. The van der Waals surface area contributed by atoms with Gasteiger partial charge in [0, 0.05) is 12.3 Å². The summed E-state index contributed by atoms with van der Waals surface area (Å²) < 4.78 is 5.38. The smallest absolute Gasteiger partial charge is 0.193 e. The zero-order chi connectivity index (χ0) is 16.5. The zero-order valence-corrected chi connectivity index (χ0v) is 16.6. The highest BCUT2D eigenvalue weighted by Gasteiger charge is 1.97. The number of halogens is 1. The van der Waals surface area contributed by atoms with Crippen LogP contribution in [-0.4, -0.2) is 12.6 Å². The van der Waals surface area contributed by atoms with Gasteiger partial charge in [-0.15, -0.1) is 24.0 Å². The van der Waals surface area contributed by atoms with Crippen LogP contribution in [0.4, 0.5) is 5.69 Å². The number of rotatable bonds is 7. The largest absolute Gasteiger partial charge is 0.377 e. The van der Waals surface area contributed by atoms with E-state index in [1.165, 1.54) is 11.1 Å². The number of benzene rings is 2. The van der Waals surface area contributed by atoms with Gasteiger partial charge in [0.15, 0.2) is 5.96 Å². The Hall–Kier alpha value is -1.60. The number of aryl methyl sites for hydroxylation is 1. The first-order valence-electron chi connectivity index (χ1n) is 8.02. The van der Waals surface area contributed by atoms with Gasteiger partial charge in [-0.05, 0) is 42.2 Å². The van der Waals surface area contributed by atoms with Crippen molar-refractivity contribution < 1.29 is 4.74 Å². The lowest BCUT2D eigenvalue weighted by atomic mass is 10.1. The van der Waals surface area contributed by atoms with Gasteiger partial charge in [-0.3, -0.25) is 0 Å². The molecule has 5 heteroatoms. The predicted molar refractivity (Wildman–Crippen MR) is 112 cm³/mol. The predicted octanol–water partition coefficient (Wildman–Crippen LogP) is 4.33. The fourth-order valence-corrected chi connectivity index (χ4v) is 2.15. The van der Waals surface area contributed by atoms with Gasteiger partial charge in [0.25, 0.3) is 0 Å². The van der Waals surface area contributed by atoms with Crippen LogP contribution in [0, 0.1) is 0 Å². The van der Waals surface area contributed by atoms with Gasteiger partial charge < -0.3 is 15.8 Å². The third-order valence-corrected chi connectivity index (χ3v) is 3.56. The molecule has 0 saturated carbocycles. The molecule has 0 heterocycles. The molecule has 0 bridgehead atoms. The summed E-state index contributed by atoms with van der Waals surface area (Å²) in [6, 6.07) is 16.5. The number of anilines is 1. The SMILES string of the molecule is CCOCc1ccc(CN=C(N)Nc2ccc(CC)cc2)cc1.I. The van der Waals surface area contributed by atoms with Crippen LogP contribution in [-0.2, 0) is 24.3 Å². The average molecular weight is 439 g/mol. The lowest BCUT2D eigenvalue weighted by Gasteiger charge is -2.07. The highest BCUT2D eigenvalue weighted by molar-refractivity contribution is 14.0. The number of guanidine groups is 1. The van der Waals surface area contributed by atoms with Crippen molar-refractivity contribution in [3.05, 3.63) is 65.2 Å². The van der Waals surface area contributed by atoms with Crippen LogP contribution in [0.5, 0.6) is 0 Å². The summed E-state index contributed by atoms with van der Waals surface area (Å²) in [5.74, 6) is 0.424. The third kappa shape index (κ3) is 6.88. The molecule has 2 aromatic carbocycles. The molecule has 0 aliphatic heterocycles. The molecule has 0 spiro atoms. The Bertz CT molecular complexity index is 624. The second-order valence-electron chi connectivity index (χ2n) is 5.33. The Balaban J connectivity index is 0.00000288. The molecule has 0 unspecified atom stereocenters. The van der Waals surface area contributed by atoms with E-state index in [9.17, 15) is 0 Å². The summed E-state index contributed by atoms with van der Waals surface area (Å²) >= 11 is 0. The standard InChI is InChI=1S/C19H25N3O.HI/c1-3-15-9-11-18(12-10-15)22-19(20)21-13-16-5-7-17(8-6-16)14-23-4-2;/h5-12H,3-4,13-14H2,1-2H3,(H3,20,21,22);1H. The monoisotopic (exact) mass is 439 g/mol. The average Bonchev–Trinajstić information content (AvgIpc) is 2.59. The molecule has 0 amide bonds. The number of nitrogens with two attached hydrogens (primary N) is 1. The summed E-state index contributed by atoms with van der Waals surface area (Å²) in [7, 11) is 0. The van der Waals surface area contributed by atoms with Crippen molar-refractivity contribution in [3.8, 4) is 0 Å². The van der Waals surface area contributed by atoms with E-state index in [0.29, 0.717) is 19.1 Å². The van der Waals surface area contributed by atoms with Crippen LogP contribution in [0.2, 0.25) is 0 Å². The number of hydrogen-bond donors (Lipinski definition) is 2. The van der Waals surface area contributed by atoms with Crippen LogP contribution in [0.15, 0.2) is 53.5 Å². The first-order valence-corrected chi connectivity index (χ1v) is 8.02. The maximum absolute atomic E-state index is 5.94. The topological polar surface area (TPSA) is 59.6 Å². The molecule has 24 heavy (non-hydrogen) atoms. The molecule has 3 N–H and O–H groups in total. The van der Waals surface area contributed by atoms with Crippen molar-refractivity contribution in [1.82, 2.24) is 0 Å². The summed E-state index contributed by atoms with van der Waals surface area (Å²) in [4.78, 5) is 4.38. The summed E-state index contributed by atoms with van der Waals surface area (Å²) in [6.07, 6.45) is 1.03. The van der Waals surface area contributed by atoms with Crippen molar-refractivity contribution in [3.63, 3.8) is 0 Å². The minimum absolute atomic E-state index is 0. The minimum Gasteiger partial charge on any atom is -0.377 e. The Labute approximate surface area is 161 Å². The normalized spacial score (nSPS) is 11.0. The minimum atomic E-state index is 0. The van der Waals surface area contributed by atoms with Crippen LogP contribution in [0.1, 0.15) is 30.5 Å². The highest BCUT2D eigenvalue weighted by atomic mass is 127. The van der Waals surface area contributed by atoms with E-state index in [1.54, 1.807) is 0 Å². The van der Waals surface area contributed by atoms with Crippen molar-refractivity contribution in [2.75, 3.05) is 11.9 Å². The van der Waals surface area contributed by atoms with E-state index in [2.05, 4.69) is 53.6 Å². The number of nitrogens with zero attached hydrogens (tertiary/aromatic N) is 1.